The molecule has 8 nitrogen and oxygen atoms in total. The molecule has 0 atom stereocenters. The highest BCUT2D eigenvalue weighted by atomic mass is 16.5. The molecule has 4 rings (SSSR count). The monoisotopic (exact) mass is 521 g/mol. The number of likely N-dealkylation sites (tertiary alicyclic amines) is 1. The molecule has 2 fully saturated rings. The van der Waals surface area contributed by atoms with Crippen LogP contribution in [0.1, 0.15) is 51.5 Å². The molecule has 2 aliphatic rings. The van der Waals surface area contributed by atoms with E-state index in [0.717, 1.165) is 98.8 Å². The standard InChI is InChI=1S/C30H47N7O/c1-22(2)36-16-11-24(12-17-36)31-29-26-21-28(38-7)23(10-8-9-15-34(3)4)20-27(26)32-30(33-29)37-18-13-25(14-19-37)35(5)6/h20-22,24-25H,9,11-19H2,1-7H3,(H,31,32,33). The van der Waals surface area contributed by atoms with E-state index in [1.165, 1.54) is 0 Å². The summed E-state index contributed by atoms with van der Waals surface area (Å²) >= 11 is 0. The number of piperidine rings is 2. The zero-order chi connectivity index (χ0) is 27.2. The van der Waals surface area contributed by atoms with E-state index in [9.17, 15) is 0 Å². The molecule has 0 unspecified atom stereocenters. The van der Waals surface area contributed by atoms with Gasteiger partial charge in [0.25, 0.3) is 0 Å². The Hall–Kier alpha value is -2.60. The van der Waals surface area contributed by atoms with Crippen molar-refractivity contribution >= 4 is 22.7 Å². The molecular formula is C30H47N7O. The summed E-state index contributed by atoms with van der Waals surface area (Å²) in [5.74, 6) is 9.14. The Morgan fingerprint density at radius 1 is 1.03 bits per heavy atom. The lowest BCUT2D eigenvalue weighted by Gasteiger charge is -2.36. The van der Waals surface area contributed by atoms with E-state index < -0.39 is 0 Å². The Bertz CT molecular complexity index is 1120. The lowest BCUT2D eigenvalue weighted by molar-refractivity contribution is 0.177. The highest BCUT2D eigenvalue weighted by molar-refractivity contribution is 5.93. The average Bonchev–Trinajstić information content (AvgIpc) is 2.90. The second-order valence-corrected chi connectivity index (χ2v) is 11.5. The summed E-state index contributed by atoms with van der Waals surface area (Å²) in [5.41, 5.74) is 1.80. The molecule has 0 spiro atoms. The summed E-state index contributed by atoms with van der Waals surface area (Å²) in [6, 6.07) is 5.75. The fourth-order valence-electron chi connectivity index (χ4n) is 5.43. The number of ether oxygens (including phenoxy) is 1. The summed E-state index contributed by atoms with van der Waals surface area (Å²) in [6.45, 7) is 9.65. The molecule has 1 aromatic carbocycles. The fourth-order valence-corrected chi connectivity index (χ4v) is 5.43. The van der Waals surface area contributed by atoms with Gasteiger partial charge in [0, 0.05) is 62.7 Å². The van der Waals surface area contributed by atoms with Crippen LogP contribution in [0.5, 0.6) is 5.75 Å². The van der Waals surface area contributed by atoms with Crippen molar-refractivity contribution in [2.24, 2.45) is 0 Å². The van der Waals surface area contributed by atoms with Crippen LogP contribution in [0.4, 0.5) is 11.8 Å². The molecule has 1 N–H and O–H groups in total. The van der Waals surface area contributed by atoms with Crippen molar-refractivity contribution in [2.75, 3.05) is 78.2 Å². The zero-order valence-corrected chi connectivity index (χ0v) is 24.5. The van der Waals surface area contributed by atoms with Crippen LogP contribution in [0.15, 0.2) is 12.1 Å². The number of nitrogens with zero attached hydrogens (tertiary/aromatic N) is 6. The Morgan fingerprint density at radius 3 is 2.34 bits per heavy atom. The number of rotatable bonds is 8. The predicted molar refractivity (Wildman–Crippen MR) is 158 cm³/mol. The first-order valence-corrected chi connectivity index (χ1v) is 14.2. The zero-order valence-electron chi connectivity index (χ0n) is 24.5. The van der Waals surface area contributed by atoms with E-state index in [2.05, 4.69) is 90.9 Å². The topological polar surface area (TPSA) is 60.0 Å². The summed E-state index contributed by atoms with van der Waals surface area (Å²) in [7, 11) is 10.2. The second-order valence-electron chi connectivity index (χ2n) is 11.5. The molecule has 0 radical (unpaired) electrons. The highest BCUT2D eigenvalue weighted by Gasteiger charge is 2.25. The van der Waals surface area contributed by atoms with Crippen LogP contribution in [0.3, 0.4) is 0 Å². The third kappa shape index (κ3) is 7.07. The van der Waals surface area contributed by atoms with Gasteiger partial charge in [-0.15, -0.1) is 0 Å². The molecule has 1 aromatic heterocycles. The maximum Gasteiger partial charge on any atom is 0.227 e. The third-order valence-electron chi connectivity index (χ3n) is 7.99. The van der Waals surface area contributed by atoms with E-state index in [4.69, 9.17) is 14.7 Å². The molecule has 3 heterocycles. The highest BCUT2D eigenvalue weighted by Crippen LogP contribution is 2.32. The predicted octanol–water partition coefficient (Wildman–Crippen LogP) is 3.76. The largest absolute Gasteiger partial charge is 0.495 e. The first kappa shape index (κ1) is 28.4. The summed E-state index contributed by atoms with van der Waals surface area (Å²) in [6.07, 6.45) is 5.28. The molecule has 2 aromatic rings. The van der Waals surface area contributed by atoms with Crippen molar-refractivity contribution in [3.8, 4) is 17.6 Å². The van der Waals surface area contributed by atoms with Crippen molar-refractivity contribution < 1.29 is 4.74 Å². The van der Waals surface area contributed by atoms with E-state index in [1.54, 1.807) is 7.11 Å². The van der Waals surface area contributed by atoms with Crippen LogP contribution in [-0.2, 0) is 0 Å². The van der Waals surface area contributed by atoms with Crippen LogP contribution in [-0.4, -0.2) is 111 Å². The van der Waals surface area contributed by atoms with Gasteiger partial charge in [0.1, 0.15) is 11.6 Å². The molecular weight excluding hydrogens is 474 g/mol. The minimum atomic E-state index is 0.395. The number of fused-ring (bicyclic) bond motifs is 1. The third-order valence-corrected chi connectivity index (χ3v) is 7.99. The molecule has 0 amide bonds. The molecule has 2 saturated heterocycles. The van der Waals surface area contributed by atoms with Crippen LogP contribution >= 0.6 is 0 Å². The number of hydrogen-bond donors (Lipinski definition) is 1. The minimum absolute atomic E-state index is 0.395. The van der Waals surface area contributed by atoms with Crippen molar-refractivity contribution in [3.05, 3.63) is 17.7 Å². The lowest BCUT2D eigenvalue weighted by atomic mass is 10.0. The quantitative estimate of drug-likeness (QED) is 0.527. The number of methoxy groups -OCH3 is 1. The normalized spacial score (nSPS) is 17.9. The first-order chi connectivity index (χ1) is 18.2. The first-order valence-electron chi connectivity index (χ1n) is 14.2. The van der Waals surface area contributed by atoms with Crippen LogP contribution in [0.2, 0.25) is 0 Å². The van der Waals surface area contributed by atoms with Crippen molar-refractivity contribution in [2.45, 2.75) is 64.1 Å². The van der Waals surface area contributed by atoms with Gasteiger partial charge in [0.05, 0.1) is 18.2 Å². The second kappa shape index (κ2) is 13.0. The smallest absolute Gasteiger partial charge is 0.227 e. The fraction of sp³-hybridized carbons (Fsp3) is 0.667. The van der Waals surface area contributed by atoms with Crippen molar-refractivity contribution in [3.63, 3.8) is 0 Å². The van der Waals surface area contributed by atoms with Crippen LogP contribution < -0.4 is 15.0 Å². The van der Waals surface area contributed by atoms with Gasteiger partial charge in [-0.3, -0.25) is 0 Å². The number of nitrogens with one attached hydrogen (secondary N) is 1. The number of hydrogen-bond acceptors (Lipinski definition) is 8. The van der Waals surface area contributed by atoms with E-state index >= 15 is 0 Å². The molecule has 8 heteroatoms. The number of benzene rings is 1. The van der Waals surface area contributed by atoms with Gasteiger partial charge in [-0.1, -0.05) is 11.8 Å². The minimum Gasteiger partial charge on any atom is -0.495 e. The van der Waals surface area contributed by atoms with Gasteiger partial charge in [-0.05, 0) is 79.9 Å². The van der Waals surface area contributed by atoms with Gasteiger partial charge in [0.15, 0.2) is 0 Å². The Kier molecular flexibility index (Phi) is 9.69. The van der Waals surface area contributed by atoms with Crippen LogP contribution in [0.25, 0.3) is 10.9 Å². The SMILES string of the molecule is COc1cc2c(NC3CCN(C(C)C)CC3)nc(N3CCC(N(C)C)CC3)nc2cc1C#CCCN(C)C. The maximum absolute atomic E-state index is 5.78. The van der Waals surface area contributed by atoms with E-state index in [0.29, 0.717) is 18.1 Å². The Labute approximate surface area is 229 Å². The van der Waals surface area contributed by atoms with E-state index in [-0.39, 0.29) is 0 Å². The Morgan fingerprint density at radius 2 is 1.74 bits per heavy atom. The van der Waals surface area contributed by atoms with Gasteiger partial charge in [0.2, 0.25) is 5.95 Å². The Balaban J connectivity index is 1.66. The van der Waals surface area contributed by atoms with Gasteiger partial charge in [-0.25, -0.2) is 4.98 Å². The van der Waals surface area contributed by atoms with Crippen molar-refractivity contribution in [1.29, 1.82) is 0 Å². The summed E-state index contributed by atoms with van der Waals surface area (Å²) < 4.78 is 5.78. The molecule has 38 heavy (non-hydrogen) atoms. The lowest BCUT2D eigenvalue weighted by Crippen LogP contribution is -2.43. The van der Waals surface area contributed by atoms with Crippen LogP contribution in [0, 0.1) is 11.8 Å². The van der Waals surface area contributed by atoms with E-state index in [1.807, 2.05) is 0 Å². The number of aromatic nitrogens is 2. The molecule has 208 valence electrons. The molecule has 0 bridgehead atoms. The summed E-state index contributed by atoms with van der Waals surface area (Å²) in [4.78, 5) is 19.6. The number of anilines is 2. The maximum atomic E-state index is 5.78. The average molecular weight is 522 g/mol. The van der Waals surface area contributed by atoms with Gasteiger partial charge in [-0.2, -0.15) is 4.98 Å². The molecule has 0 aliphatic carbocycles. The molecule has 0 saturated carbocycles. The van der Waals surface area contributed by atoms with Crippen molar-refractivity contribution in [1.82, 2.24) is 24.7 Å². The van der Waals surface area contributed by atoms with Gasteiger partial charge < -0.3 is 29.7 Å². The van der Waals surface area contributed by atoms with Gasteiger partial charge >= 0.3 is 0 Å². The summed E-state index contributed by atoms with van der Waals surface area (Å²) in [5, 5.41) is 4.81. The molecule has 2 aliphatic heterocycles.